The second-order valence-corrected chi connectivity index (χ2v) is 2.25. The number of carbonyl (C=O) groups is 2. The summed E-state index contributed by atoms with van der Waals surface area (Å²) in [5, 5.41) is 16.2. The fourth-order valence-electron chi connectivity index (χ4n) is 0.156. The normalized spacial score (nSPS) is 8.14. The first-order chi connectivity index (χ1) is 6.36. The van der Waals surface area contributed by atoms with Crippen LogP contribution in [0.25, 0.3) is 0 Å². The predicted molar refractivity (Wildman–Crippen MR) is 50.8 cm³/mol. The highest BCUT2D eigenvalue weighted by molar-refractivity contribution is 5.91. The van der Waals surface area contributed by atoms with Crippen molar-refractivity contribution in [1.29, 1.82) is 0 Å². The maximum Gasteiger partial charge on any atom is 0.246 e. The topological polar surface area (TPSA) is 127 Å². The Hall–Kier alpha value is -1.66. The Morgan fingerprint density at radius 3 is 1.14 bits per heavy atom. The van der Waals surface area contributed by atoms with Crippen molar-refractivity contribution in [3.05, 3.63) is 24.3 Å². The highest BCUT2D eigenvalue weighted by Gasteiger charge is 1.95. The Bertz CT molecular complexity index is 222. The Kier molecular flexibility index (Phi) is 8.44. The molecular formula is C8H14N2O4. The lowest BCUT2D eigenvalue weighted by Crippen LogP contribution is -2.14. The molecule has 0 aliphatic heterocycles. The number of amides is 2. The van der Waals surface area contributed by atoms with E-state index in [0.717, 1.165) is 0 Å². The number of hydrogen-bond acceptors (Lipinski definition) is 4. The van der Waals surface area contributed by atoms with Gasteiger partial charge in [0.05, 0.1) is 13.2 Å². The summed E-state index contributed by atoms with van der Waals surface area (Å²) in [6.45, 7) is 5.59. The average Bonchev–Trinajstić information content (AvgIpc) is 2.15. The summed E-state index contributed by atoms with van der Waals surface area (Å²) in [6.07, 6.45) is 0. The first-order valence-corrected chi connectivity index (χ1v) is 3.53. The largest absolute Gasteiger partial charge is 0.391 e. The molecule has 0 aromatic rings. The number of nitrogens with two attached hydrogens (primary N) is 2. The lowest BCUT2D eigenvalue weighted by Gasteiger charge is -1.88. The van der Waals surface area contributed by atoms with E-state index >= 15 is 0 Å². The summed E-state index contributed by atoms with van der Waals surface area (Å²) in [6, 6.07) is 0. The minimum atomic E-state index is -0.650. The first-order valence-electron chi connectivity index (χ1n) is 3.53. The van der Waals surface area contributed by atoms with Crippen molar-refractivity contribution < 1.29 is 19.8 Å². The minimum absolute atomic E-state index is 0.0417. The second kappa shape index (κ2) is 7.96. The van der Waals surface area contributed by atoms with Gasteiger partial charge >= 0.3 is 0 Å². The van der Waals surface area contributed by atoms with Gasteiger partial charge < -0.3 is 21.7 Å². The third kappa shape index (κ3) is 8.44. The van der Waals surface area contributed by atoms with E-state index in [-0.39, 0.29) is 24.4 Å². The Labute approximate surface area is 81.5 Å². The van der Waals surface area contributed by atoms with Crippen LogP contribution >= 0.6 is 0 Å². The highest BCUT2D eigenvalue weighted by atomic mass is 16.3. The molecule has 0 radical (unpaired) electrons. The summed E-state index contributed by atoms with van der Waals surface area (Å²) in [7, 11) is 0. The molecule has 0 aliphatic carbocycles. The molecule has 0 atom stereocenters. The molecule has 2 amide bonds. The van der Waals surface area contributed by atoms with Crippen molar-refractivity contribution in [2.75, 3.05) is 13.2 Å². The number of rotatable bonds is 4. The summed E-state index contributed by atoms with van der Waals surface area (Å²) >= 11 is 0. The number of aliphatic hydroxyl groups is 2. The van der Waals surface area contributed by atoms with E-state index in [1.165, 1.54) is 0 Å². The quantitative estimate of drug-likeness (QED) is 0.395. The number of carbonyl (C=O) groups excluding carboxylic acids is 2. The summed E-state index contributed by atoms with van der Waals surface area (Å²) in [5.41, 5.74) is 9.38. The van der Waals surface area contributed by atoms with Gasteiger partial charge in [0, 0.05) is 11.1 Å². The van der Waals surface area contributed by atoms with Gasteiger partial charge in [-0.1, -0.05) is 13.2 Å². The lowest BCUT2D eigenvalue weighted by atomic mass is 10.3. The maximum atomic E-state index is 9.89. The van der Waals surface area contributed by atoms with Gasteiger partial charge in [-0.15, -0.1) is 0 Å². The monoisotopic (exact) mass is 202 g/mol. The van der Waals surface area contributed by atoms with Gasteiger partial charge in [0.25, 0.3) is 0 Å². The molecule has 0 saturated carbocycles. The molecule has 6 heteroatoms. The summed E-state index contributed by atoms with van der Waals surface area (Å²) in [4.78, 5) is 19.8. The molecule has 0 bridgehead atoms. The van der Waals surface area contributed by atoms with Crippen LogP contribution < -0.4 is 11.5 Å². The van der Waals surface area contributed by atoms with Crippen LogP contribution in [-0.4, -0.2) is 35.2 Å². The minimum Gasteiger partial charge on any atom is -0.391 e. The number of hydrogen-bond donors (Lipinski definition) is 4. The molecule has 0 spiro atoms. The molecule has 0 saturated heterocycles. The molecule has 0 aliphatic rings. The van der Waals surface area contributed by atoms with Gasteiger partial charge in [-0.25, -0.2) is 0 Å². The standard InChI is InChI=1S/2C4H7NO2/c2*1-3(2-6)4(5)7/h2*6H,1-2H2,(H2,5,7). The third-order valence-corrected chi connectivity index (χ3v) is 1.08. The van der Waals surface area contributed by atoms with Crippen LogP contribution in [0.1, 0.15) is 0 Å². The lowest BCUT2D eigenvalue weighted by molar-refractivity contribution is -0.115. The molecule has 6 nitrogen and oxygen atoms in total. The fourth-order valence-corrected chi connectivity index (χ4v) is 0.156. The van der Waals surface area contributed by atoms with Crippen LogP contribution in [0.3, 0.4) is 0 Å². The Morgan fingerprint density at radius 1 is 0.929 bits per heavy atom. The van der Waals surface area contributed by atoms with E-state index < -0.39 is 11.8 Å². The van der Waals surface area contributed by atoms with Crippen LogP contribution in [0.15, 0.2) is 24.3 Å². The molecule has 0 rings (SSSR count). The van der Waals surface area contributed by atoms with Gasteiger partial charge in [0.1, 0.15) is 0 Å². The zero-order valence-electron chi connectivity index (χ0n) is 7.69. The van der Waals surface area contributed by atoms with Crippen molar-refractivity contribution in [3.8, 4) is 0 Å². The molecule has 6 N–H and O–H groups in total. The predicted octanol–water partition coefficient (Wildman–Crippen LogP) is -1.96. The third-order valence-electron chi connectivity index (χ3n) is 1.08. The number of primary amides is 2. The van der Waals surface area contributed by atoms with Gasteiger partial charge in [-0.05, 0) is 0 Å². The van der Waals surface area contributed by atoms with E-state index in [0.29, 0.717) is 0 Å². The van der Waals surface area contributed by atoms with Gasteiger partial charge in [-0.3, -0.25) is 9.59 Å². The van der Waals surface area contributed by atoms with Gasteiger partial charge in [-0.2, -0.15) is 0 Å². The van der Waals surface area contributed by atoms with Crippen LogP contribution in [-0.2, 0) is 9.59 Å². The van der Waals surface area contributed by atoms with E-state index in [2.05, 4.69) is 24.6 Å². The van der Waals surface area contributed by atoms with E-state index in [1.54, 1.807) is 0 Å². The van der Waals surface area contributed by atoms with Crippen molar-refractivity contribution in [3.63, 3.8) is 0 Å². The zero-order valence-corrected chi connectivity index (χ0v) is 7.69. The van der Waals surface area contributed by atoms with Gasteiger partial charge in [0.2, 0.25) is 11.8 Å². The van der Waals surface area contributed by atoms with Crippen molar-refractivity contribution in [1.82, 2.24) is 0 Å². The molecule has 0 aromatic carbocycles. The molecule has 14 heavy (non-hydrogen) atoms. The molecule has 80 valence electrons. The Morgan fingerprint density at radius 2 is 1.14 bits per heavy atom. The SMILES string of the molecule is C=C(CO)C(N)=O.C=C(CO)C(N)=O. The van der Waals surface area contributed by atoms with Crippen LogP contribution in [0, 0.1) is 0 Å². The smallest absolute Gasteiger partial charge is 0.246 e. The van der Waals surface area contributed by atoms with E-state index in [9.17, 15) is 9.59 Å². The van der Waals surface area contributed by atoms with E-state index in [4.69, 9.17) is 10.2 Å². The van der Waals surface area contributed by atoms with Crippen molar-refractivity contribution in [2.24, 2.45) is 11.5 Å². The van der Waals surface area contributed by atoms with E-state index in [1.807, 2.05) is 0 Å². The molecule has 0 fully saturated rings. The second-order valence-electron chi connectivity index (χ2n) is 2.25. The maximum absolute atomic E-state index is 9.89. The van der Waals surface area contributed by atoms with Crippen molar-refractivity contribution >= 4 is 11.8 Å². The van der Waals surface area contributed by atoms with Crippen molar-refractivity contribution in [2.45, 2.75) is 0 Å². The van der Waals surface area contributed by atoms with Crippen LogP contribution in [0.2, 0.25) is 0 Å². The molecule has 0 heterocycles. The fraction of sp³-hybridized carbons (Fsp3) is 0.250. The molecule has 0 unspecified atom stereocenters. The first kappa shape index (κ1) is 14.8. The van der Waals surface area contributed by atoms with Crippen LogP contribution in [0.4, 0.5) is 0 Å². The molecular weight excluding hydrogens is 188 g/mol. The number of aliphatic hydroxyl groups excluding tert-OH is 2. The molecule has 0 aromatic heterocycles. The summed E-state index contributed by atoms with van der Waals surface area (Å²) in [5.74, 6) is -1.30. The summed E-state index contributed by atoms with van der Waals surface area (Å²) < 4.78 is 0. The van der Waals surface area contributed by atoms with Gasteiger partial charge in [0.15, 0.2) is 0 Å². The Balaban J connectivity index is 0. The van der Waals surface area contributed by atoms with Crippen LogP contribution in [0.5, 0.6) is 0 Å². The highest BCUT2D eigenvalue weighted by Crippen LogP contribution is 1.81. The zero-order chi connectivity index (χ0) is 11.7. The average molecular weight is 202 g/mol.